The highest BCUT2D eigenvalue weighted by atomic mass is 127. The Hall–Kier alpha value is -0.580. The summed E-state index contributed by atoms with van der Waals surface area (Å²) >= 11 is 8.41. The number of benzene rings is 2. The van der Waals surface area contributed by atoms with E-state index in [4.69, 9.17) is 17.3 Å². The number of nitrogens with two attached hydrogens (primary N) is 1. The molecule has 2 rings (SSSR count). The molecule has 106 valence electrons. The molecule has 0 spiro atoms. The standard InChI is InChI=1S/C17H19ClIN/c1-10-6-11(2)14(12(3)7-10)9-17(20)13-4-5-16(19)15(18)8-13/h4-8,17H,9,20H2,1-3H3. The maximum Gasteiger partial charge on any atom is 0.0542 e. The van der Waals surface area contributed by atoms with Gasteiger partial charge >= 0.3 is 0 Å². The molecular formula is C17H19ClIN. The minimum Gasteiger partial charge on any atom is -0.324 e. The zero-order valence-corrected chi connectivity index (χ0v) is 14.9. The Morgan fingerprint density at radius 2 is 1.70 bits per heavy atom. The smallest absolute Gasteiger partial charge is 0.0542 e. The lowest BCUT2D eigenvalue weighted by Gasteiger charge is -2.17. The number of hydrogen-bond donors (Lipinski definition) is 1. The summed E-state index contributed by atoms with van der Waals surface area (Å²) in [6.07, 6.45) is 0.842. The van der Waals surface area contributed by atoms with E-state index in [1.807, 2.05) is 12.1 Å². The van der Waals surface area contributed by atoms with Crippen molar-refractivity contribution in [2.75, 3.05) is 0 Å². The van der Waals surface area contributed by atoms with E-state index < -0.39 is 0 Å². The Labute approximate surface area is 139 Å². The summed E-state index contributed by atoms with van der Waals surface area (Å²) in [6.45, 7) is 6.44. The molecule has 20 heavy (non-hydrogen) atoms. The molecule has 3 heteroatoms. The van der Waals surface area contributed by atoms with E-state index in [1.165, 1.54) is 22.3 Å². The highest BCUT2D eigenvalue weighted by Gasteiger charge is 2.12. The van der Waals surface area contributed by atoms with Crippen molar-refractivity contribution in [2.24, 2.45) is 5.73 Å². The van der Waals surface area contributed by atoms with E-state index in [0.717, 1.165) is 20.6 Å². The van der Waals surface area contributed by atoms with Crippen LogP contribution < -0.4 is 5.73 Å². The SMILES string of the molecule is Cc1cc(C)c(CC(N)c2ccc(I)c(Cl)c2)c(C)c1. The van der Waals surface area contributed by atoms with Gasteiger partial charge in [0.1, 0.15) is 0 Å². The van der Waals surface area contributed by atoms with Gasteiger partial charge in [0.15, 0.2) is 0 Å². The highest BCUT2D eigenvalue weighted by molar-refractivity contribution is 14.1. The number of halogens is 2. The summed E-state index contributed by atoms with van der Waals surface area (Å²) in [6, 6.07) is 10.5. The molecule has 0 aliphatic heterocycles. The van der Waals surface area contributed by atoms with Crippen LogP contribution in [0.5, 0.6) is 0 Å². The third kappa shape index (κ3) is 3.54. The van der Waals surface area contributed by atoms with E-state index in [9.17, 15) is 0 Å². The van der Waals surface area contributed by atoms with E-state index >= 15 is 0 Å². The van der Waals surface area contributed by atoms with Crippen molar-refractivity contribution in [2.45, 2.75) is 33.2 Å². The molecule has 0 aliphatic carbocycles. The molecule has 0 heterocycles. The molecule has 0 aliphatic rings. The van der Waals surface area contributed by atoms with E-state index in [2.05, 4.69) is 61.6 Å². The molecule has 2 aromatic rings. The van der Waals surface area contributed by atoms with E-state index in [0.29, 0.717) is 0 Å². The van der Waals surface area contributed by atoms with Gasteiger partial charge in [-0.05, 0) is 84.2 Å². The predicted octanol–water partition coefficient (Wildman–Crippen LogP) is 5.11. The fourth-order valence-electron chi connectivity index (χ4n) is 2.61. The van der Waals surface area contributed by atoms with Crippen LogP contribution in [0.4, 0.5) is 0 Å². The molecule has 0 bridgehead atoms. The Balaban J connectivity index is 2.27. The van der Waals surface area contributed by atoms with Crippen molar-refractivity contribution in [3.63, 3.8) is 0 Å². The fourth-order valence-corrected chi connectivity index (χ4v) is 3.14. The quantitative estimate of drug-likeness (QED) is 0.713. The highest BCUT2D eigenvalue weighted by Crippen LogP contribution is 2.26. The molecule has 2 aromatic carbocycles. The normalized spacial score (nSPS) is 12.5. The molecule has 0 saturated carbocycles. The van der Waals surface area contributed by atoms with Crippen molar-refractivity contribution in [3.8, 4) is 0 Å². The van der Waals surface area contributed by atoms with Gasteiger partial charge in [0.05, 0.1) is 5.02 Å². The lowest BCUT2D eigenvalue weighted by molar-refractivity contribution is 0.715. The Morgan fingerprint density at radius 1 is 1.10 bits per heavy atom. The lowest BCUT2D eigenvalue weighted by atomic mass is 9.92. The van der Waals surface area contributed by atoms with Crippen LogP contribution in [0.1, 0.15) is 33.9 Å². The van der Waals surface area contributed by atoms with Crippen LogP contribution >= 0.6 is 34.2 Å². The van der Waals surface area contributed by atoms with E-state index in [1.54, 1.807) is 0 Å². The second kappa shape index (κ2) is 6.46. The van der Waals surface area contributed by atoms with Crippen LogP contribution in [0.25, 0.3) is 0 Å². The van der Waals surface area contributed by atoms with Crippen molar-refractivity contribution >= 4 is 34.2 Å². The number of hydrogen-bond acceptors (Lipinski definition) is 1. The van der Waals surface area contributed by atoms with Crippen LogP contribution in [0.2, 0.25) is 5.02 Å². The van der Waals surface area contributed by atoms with Gasteiger partial charge in [-0.1, -0.05) is 35.4 Å². The van der Waals surface area contributed by atoms with Crippen LogP contribution in [0, 0.1) is 24.3 Å². The number of aryl methyl sites for hydroxylation is 3. The van der Waals surface area contributed by atoms with Gasteiger partial charge in [0.2, 0.25) is 0 Å². The van der Waals surface area contributed by atoms with Crippen molar-refractivity contribution in [3.05, 3.63) is 66.7 Å². The van der Waals surface area contributed by atoms with Gasteiger partial charge in [-0.25, -0.2) is 0 Å². The first-order valence-electron chi connectivity index (χ1n) is 6.65. The van der Waals surface area contributed by atoms with Crippen LogP contribution in [0.15, 0.2) is 30.3 Å². The summed E-state index contributed by atoms with van der Waals surface area (Å²) in [4.78, 5) is 0. The van der Waals surface area contributed by atoms with Gasteiger partial charge < -0.3 is 5.73 Å². The molecule has 0 fully saturated rings. The van der Waals surface area contributed by atoms with Crippen LogP contribution in [-0.2, 0) is 6.42 Å². The summed E-state index contributed by atoms with van der Waals surface area (Å²) in [5, 5.41) is 0.774. The third-order valence-electron chi connectivity index (χ3n) is 3.64. The zero-order valence-electron chi connectivity index (χ0n) is 12.0. The van der Waals surface area contributed by atoms with Gasteiger partial charge in [0, 0.05) is 9.61 Å². The minimum absolute atomic E-state index is 0.0235. The molecule has 1 nitrogen and oxygen atoms in total. The predicted molar refractivity (Wildman–Crippen MR) is 95.5 cm³/mol. The second-order valence-corrected chi connectivity index (χ2v) is 6.93. The lowest BCUT2D eigenvalue weighted by Crippen LogP contribution is -2.15. The van der Waals surface area contributed by atoms with Gasteiger partial charge in [-0.2, -0.15) is 0 Å². The first-order chi connectivity index (χ1) is 9.38. The average Bonchev–Trinajstić information content (AvgIpc) is 2.36. The molecular weight excluding hydrogens is 381 g/mol. The first kappa shape index (κ1) is 15.8. The summed E-state index contributed by atoms with van der Waals surface area (Å²) < 4.78 is 1.06. The molecule has 1 atom stereocenters. The summed E-state index contributed by atoms with van der Waals surface area (Å²) in [5.74, 6) is 0. The van der Waals surface area contributed by atoms with Crippen LogP contribution in [0.3, 0.4) is 0 Å². The molecule has 1 unspecified atom stereocenters. The first-order valence-corrected chi connectivity index (χ1v) is 8.11. The number of rotatable bonds is 3. The van der Waals surface area contributed by atoms with Gasteiger partial charge in [0.25, 0.3) is 0 Å². The Bertz CT molecular complexity index is 614. The van der Waals surface area contributed by atoms with E-state index in [-0.39, 0.29) is 6.04 Å². The van der Waals surface area contributed by atoms with Gasteiger partial charge in [-0.3, -0.25) is 0 Å². The Kier molecular flexibility index (Phi) is 5.10. The van der Waals surface area contributed by atoms with Gasteiger partial charge in [-0.15, -0.1) is 0 Å². The molecule has 2 N–H and O–H groups in total. The molecule has 0 aromatic heterocycles. The Morgan fingerprint density at radius 3 is 2.25 bits per heavy atom. The molecule has 0 saturated heterocycles. The summed E-state index contributed by atoms with van der Waals surface area (Å²) in [5.41, 5.74) is 12.7. The van der Waals surface area contributed by atoms with Crippen molar-refractivity contribution in [1.82, 2.24) is 0 Å². The fraction of sp³-hybridized carbons (Fsp3) is 0.294. The molecule has 0 radical (unpaired) electrons. The van der Waals surface area contributed by atoms with Crippen LogP contribution in [-0.4, -0.2) is 0 Å². The minimum atomic E-state index is -0.0235. The monoisotopic (exact) mass is 399 g/mol. The second-order valence-electron chi connectivity index (χ2n) is 5.36. The zero-order chi connectivity index (χ0) is 14.9. The maximum absolute atomic E-state index is 6.36. The largest absolute Gasteiger partial charge is 0.324 e. The van der Waals surface area contributed by atoms with Crippen molar-refractivity contribution in [1.29, 1.82) is 0 Å². The molecule has 0 amide bonds. The average molecular weight is 400 g/mol. The van der Waals surface area contributed by atoms with Crippen molar-refractivity contribution < 1.29 is 0 Å². The topological polar surface area (TPSA) is 26.0 Å². The summed E-state index contributed by atoms with van der Waals surface area (Å²) in [7, 11) is 0. The maximum atomic E-state index is 6.36. The third-order valence-corrected chi connectivity index (χ3v) is 5.21.